The van der Waals surface area contributed by atoms with Crippen molar-refractivity contribution in [2.45, 2.75) is 6.42 Å². The predicted molar refractivity (Wildman–Crippen MR) is 110 cm³/mol. The molecule has 1 fully saturated rings. The van der Waals surface area contributed by atoms with Crippen molar-refractivity contribution in [2.24, 2.45) is 5.92 Å². The number of benzene rings is 2. The van der Waals surface area contributed by atoms with Gasteiger partial charge in [0.1, 0.15) is 0 Å². The van der Waals surface area contributed by atoms with Gasteiger partial charge in [-0.15, -0.1) is 0 Å². The zero-order valence-electron chi connectivity index (χ0n) is 15.6. The number of hydrogen-bond donors (Lipinski definition) is 2. The number of carbonyl (C=O) groups is 4. The van der Waals surface area contributed by atoms with Gasteiger partial charge in [-0.2, -0.15) is 0 Å². The first kappa shape index (κ1) is 21.6. The van der Waals surface area contributed by atoms with Crippen molar-refractivity contribution in [1.29, 1.82) is 0 Å². The Hall–Kier alpha value is -3.10. The lowest BCUT2D eigenvalue weighted by molar-refractivity contribution is -0.151. The van der Waals surface area contributed by atoms with Crippen LogP contribution in [0.4, 0.5) is 5.69 Å². The quantitative estimate of drug-likeness (QED) is 0.659. The first-order valence-corrected chi connectivity index (χ1v) is 9.66. The molecule has 1 atom stereocenters. The molecule has 0 saturated carbocycles. The molecule has 0 radical (unpaired) electrons. The molecule has 2 aromatic rings. The van der Waals surface area contributed by atoms with E-state index in [1.165, 1.54) is 12.1 Å². The van der Waals surface area contributed by atoms with Gasteiger partial charge < -0.3 is 10.1 Å². The lowest BCUT2D eigenvalue weighted by Crippen LogP contribution is -2.43. The fourth-order valence-electron chi connectivity index (χ4n) is 2.78. The smallest absolute Gasteiger partial charge is 0.311 e. The molecule has 8 nitrogen and oxygen atoms in total. The number of esters is 1. The van der Waals surface area contributed by atoms with E-state index in [9.17, 15) is 19.2 Å². The highest BCUT2D eigenvalue weighted by atomic mass is 35.5. The summed E-state index contributed by atoms with van der Waals surface area (Å²) in [6.07, 6.45) is -0.129. The predicted octanol–water partition coefficient (Wildman–Crippen LogP) is 2.67. The molecule has 1 saturated heterocycles. The molecule has 1 aliphatic heterocycles. The fourth-order valence-corrected chi connectivity index (χ4v) is 3.10. The monoisotopic (exact) mass is 449 g/mol. The Balaban J connectivity index is 1.47. The Morgan fingerprint density at radius 1 is 1.07 bits per heavy atom. The molecule has 2 N–H and O–H groups in total. The van der Waals surface area contributed by atoms with Crippen LogP contribution in [0.3, 0.4) is 0 Å². The van der Waals surface area contributed by atoms with Crippen LogP contribution >= 0.6 is 23.2 Å². The summed E-state index contributed by atoms with van der Waals surface area (Å²) in [5.74, 6) is -2.96. The largest absolute Gasteiger partial charge is 0.455 e. The zero-order valence-corrected chi connectivity index (χ0v) is 17.1. The third-order valence-corrected chi connectivity index (χ3v) is 4.74. The number of nitrogens with one attached hydrogen (secondary N) is 2. The Bertz CT molecular complexity index is 981. The van der Waals surface area contributed by atoms with Crippen LogP contribution in [0, 0.1) is 5.92 Å². The van der Waals surface area contributed by atoms with Crippen LogP contribution < -0.4 is 10.7 Å². The van der Waals surface area contributed by atoms with Gasteiger partial charge in [-0.3, -0.25) is 29.6 Å². The molecule has 1 aliphatic rings. The Morgan fingerprint density at radius 3 is 2.50 bits per heavy atom. The van der Waals surface area contributed by atoms with Crippen molar-refractivity contribution >= 4 is 52.6 Å². The summed E-state index contributed by atoms with van der Waals surface area (Å²) in [4.78, 5) is 48.5. The van der Waals surface area contributed by atoms with Crippen LogP contribution in [0.25, 0.3) is 0 Å². The lowest BCUT2D eigenvalue weighted by Gasteiger charge is -2.17. The van der Waals surface area contributed by atoms with Gasteiger partial charge in [0.2, 0.25) is 5.91 Å². The van der Waals surface area contributed by atoms with Gasteiger partial charge in [-0.1, -0.05) is 29.3 Å². The SMILES string of the molecule is O=C(COC(=O)[C@H]1CC(=O)N(NC(=O)c2ccc(Cl)cc2)C1)Nc1cccc(Cl)c1. The highest BCUT2D eigenvalue weighted by molar-refractivity contribution is 6.31. The molecule has 1 heterocycles. The number of rotatable bonds is 6. The lowest BCUT2D eigenvalue weighted by atomic mass is 10.1. The van der Waals surface area contributed by atoms with E-state index >= 15 is 0 Å². The summed E-state index contributed by atoms with van der Waals surface area (Å²) in [7, 11) is 0. The topological polar surface area (TPSA) is 105 Å². The third kappa shape index (κ3) is 5.71. The average molecular weight is 450 g/mol. The average Bonchev–Trinajstić information content (AvgIpc) is 3.07. The molecule has 30 heavy (non-hydrogen) atoms. The van der Waals surface area contributed by atoms with Crippen LogP contribution in [0.2, 0.25) is 10.0 Å². The second-order valence-corrected chi connectivity index (χ2v) is 7.39. The summed E-state index contributed by atoms with van der Waals surface area (Å²) in [5.41, 5.74) is 3.24. The van der Waals surface area contributed by atoms with Crippen LogP contribution in [0.5, 0.6) is 0 Å². The van der Waals surface area contributed by atoms with Gasteiger partial charge in [0, 0.05) is 27.7 Å². The van der Waals surface area contributed by atoms with Crippen molar-refractivity contribution in [2.75, 3.05) is 18.5 Å². The molecule has 0 aliphatic carbocycles. The zero-order chi connectivity index (χ0) is 21.7. The number of anilines is 1. The van der Waals surface area contributed by atoms with Crippen molar-refractivity contribution in [1.82, 2.24) is 10.4 Å². The van der Waals surface area contributed by atoms with E-state index in [2.05, 4.69) is 10.7 Å². The molecular weight excluding hydrogens is 433 g/mol. The summed E-state index contributed by atoms with van der Waals surface area (Å²) in [5, 5.41) is 4.55. The van der Waals surface area contributed by atoms with Gasteiger partial charge in [0.05, 0.1) is 12.5 Å². The third-order valence-electron chi connectivity index (χ3n) is 4.26. The van der Waals surface area contributed by atoms with Crippen molar-refractivity contribution in [3.8, 4) is 0 Å². The number of carbonyl (C=O) groups excluding carboxylic acids is 4. The molecule has 0 spiro atoms. The highest BCUT2D eigenvalue weighted by Crippen LogP contribution is 2.19. The molecule has 3 amide bonds. The van der Waals surface area contributed by atoms with E-state index in [1.54, 1.807) is 36.4 Å². The minimum atomic E-state index is -0.790. The number of nitrogens with zero attached hydrogens (tertiary/aromatic N) is 1. The van der Waals surface area contributed by atoms with E-state index in [0.29, 0.717) is 21.3 Å². The van der Waals surface area contributed by atoms with Gasteiger partial charge in [-0.25, -0.2) is 0 Å². The van der Waals surface area contributed by atoms with Crippen molar-refractivity contribution in [3.63, 3.8) is 0 Å². The maximum Gasteiger partial charge on any atom is 0.311 e. The summed E-state index contributed by atoms with van der Waals surface area (Å²) in [6.45, 7) is -0.555. The van der Waals surface area contributed by atoms with Gasteiger partial charge in [0.25, 0.3) is 11.8 Å². The number of hydrogen-bond acceptors (Lipinski definition) is 5. The summed E-state index contributed by atoms with van der Waals surface area (Å²) in [6, 6.07) is 12.7. The molecule has 0 aromatic heterocycles. The molecule has 10 heteroatoms. The van der Waals surface area contributed by atoms with E-state index in [-0.39, 0.29) is 13.0 Å². The molecular formula is C20H17Cl2N3O5. The van der Waals surface area contributed by atoms with Gasteiger partial charge >= 0.3 is 5.97 Å². The fraction of sp³-hybridized carbons (Fsp3) is 0.200. The molecule has 3 rings (SSSR count). The van der Waals surface area contributed by atoms with E-state index in [0.717, 1.165) is 5.01 Å². The number of halogens is 2. The summed E-state index contributed by atoms with van der Waals surface area (Å²) >= 11 is 11.6. The first-order chi connectivity index (χ1) is 14.3. The van der Waals surface area contributed by atoms with E-state index in [1.807, 2.05) is 0 Å². The molecule has 156 valence electrons. The standard InChI is InChI=1S/C20H17Cl2N3O5/c21-14-6-4-12(5-7-14)19(28)24-25-10-13(8-18(25)27)20(29)30-11-17(26)23-16-3-1-2-15(22)9-16/h1-7,9,13H,8,10-11H2,(H,23,26)(H,24,28)/t13-/m0/s1. The Morgan fingerprint density at radius 2 is 1.80 bits per heavy atom. The molecule has 0 bridgehead atoms. The van der Waals surface area contributed by atoms with E-state index < -0.39 is 36.2 Å². The van der Waals surface area contributed by atoms with E-state index in [4.69, 9.17) is 27.9 Å². The first-order valence-electron chi connectivity index (χ1n) is 8.91. The number of ether oxygens (including phenoxy) is 1. The maximum atomic E-state index is 12.2. The molecule has 0 unspecified atom stereocenters. The van der Waals surface area contributed by atoms with Gasteiger partial charge in [0.15, 0.2) is 6.61 Å². The Kier molecular flexibility index (Phi) is 6.91. The second kappa shape index (κ2) is 9.60. The minimum Gasteiger partial charge on any atom is -0.455 e. The number of hydrazine groups is 1. The second-order valence-electron chi connectivity index (χ2n) is 6.52. The van der Waals surface area contributed by atoms with Gasteiger partial charge in [-0.05, 0) is 42.5 Å². The van der Waals surface area contributed by atoms with Crippen LogP contribution in [0.15, 0.2) is 48.5 Å². The maximum absolute atomic E-state index is 12.2. The van der Waals surface area contributed by atoms with Crippen molar-refractivity contribution in [3.05, 3.63) is 64.1 Å². The van der Waals surface area contributed by atoms with Crippen LogP contribution in [-0.4, -0.2) is 41.9 Å². The highest BCUT2D eigenvalue weighted by Gasteiger charge is 2.36. The molecule has 2 aromatic carbocycles. The minimum absolute atomic E-state index is 0.0487. The normalized spacial score (nSPS) is 15.6. The van der Waals surface area contributed by atoms with Crippen LogP contribution in [-0.2, 0) is 19.1 Å². The number of amides is 3. The van der Waals surface area contributed by atoms with Crippen LogP contribution in [0.1, 0.15) is 16.8 Å². The summed E-state index contributed by atoms with van der Waals surface area (Å²) < 4.78 is 5.00. The Labute approximate surface area is 182 Å². The van der Waals surface area contributed by atoms with Crippen molar-refractivity contribution < 1.29 is 23.9 Å².